The van der Waals surface area contributed by atoms with Crippen LogP contribution in [0, 0.1) is 6.92 Å². The Morgan fingerprint density at radius 3 is 2.52 bits per heavy atom. The van der Waals surface area contributed by atoms with Crippen molar-refractivity contribution in [3.05, 3.63) is 23.5 Å². The molecule has 3 nitrogen and oxygen atoms in total. The molecule has 21 heavy (non-hydrogen) atoms. The summed E-state index contributed by atoms with van der Waals surface area (Å²) in [6.07, 6.45) is 8.25. The summed E-state index contributed by atoms with van der Waals surface area (Å²) in [5.74, 6) is 0.981. The molecule has 0 amide bonds. The molecule has 0 aromatic carbocycles. The Kier molecular flexibility index (Phi) is 7.73. The lowest BCUT2D eigenvalue weighted by molar-refractivity contribution is 0.298. The summed E-state index contributed by atoms with van der Waals surface area (Å²) < 4.78 is 5.98. The third-order valence-electron chi connectivity index (χ3n) is 3.40. The second kappa shape index (κ2) is 9.04. The number of hydrogen-bond donors (Lipinski definition) is 1. The fraction of sp³-hybridized carbons (Fsp3) is 0.722. The maximum atomic E-state index is 5.98. The largest absolute Gasteiger partial charge is 0.493 e. The first-order valence-electron chi connectivity index (χ1n) is 8.25. The zero-order chi connectivity index (χ0) is 15.7. The number of nitrogens with one attached hydrogen (secondary N) is 1. The quantitative estimate of drug-likeness (QED) is 0.674. The Morgan fingerprint density at radius 1 is 1.14 bits per heavy atom. The van der Waals surface area contributed by atoms with Crippen molar-refractivity contribution in [3.8, 4) is 5.75 Å². The van der Waals surface area contributed by atoms with Crippen LogP contribution in [-0.4, -0.2) is 17.1 Å². The fourth-order valence-corrected chi connectivity index (χ4v) is 2.08. The van der Waals surface area contributed by atoms with Gasteiger partial charge in [0.05, 0.1) is 6.61 Å². The van der Waals surface area contributed by atoms with Gasteiger partial charge >= 0.3 is 0 Å². The molecule has 0 radical (unpaired) electrons. The van der Waals surface area contributed by atoms with Crippen molar-refractivity contribution in [2.75, 3.05) is 6.61 Å². The number of aromatic nitrogens is 1. The average Bonchev–Trinajstić information content (AvgIpc) is 2.40. The monoisotopic (exact) mass is 292 g/mol. The van der Waals surface area contributed by atoms with Gasteiger partial charge < -0.3 is 10.1 Å². The summed E-state index contributed by atoms with van der Waals surface area (Å²) in [5, 5.41) is 3.50. The standard InChI is InChI=1S/C18H32N2O/c1-6-7-8-9-10-11-21-17-12-15(2)19-13-16(17)14-20-18(3,4)5/h12-13,20H,6-11,14H2,1-5H3. The minimum Gasteiger partial charge on any atom is -0.493 e. The van der Waals surface area contributed by atoms with Crippen LogP contribution in [0.5, 0.6) is 5.75 Å². The molecule has 0 bridgehead atoms. The first-order valence-corrected chi connectivity index (χ1v) is 8.25. The number of unbranched alkanes of at least 4 members (excludes halogenated alkanes) is 4. The van der Waals surface area contributed by atoms with Gasteiger partial charge in [-0.25, -0.2) is 0 Å². The van der Waals surface area contributed by atoms with Crippen LogP contribution in [0.2, 0.25) is 0 Å². The second-order valence-electron chi connectivity index (χ2n) is 6.80. The molecule has 1 aromatic rings. The van der Waals surface area contributed by atoms with E-state index in [2.05, 4.69) is 38.0 Å². The summed E-state index contributed by atoms with van der Waals surface area (Å²) in [7, 11) is 0. The van der Waals surface area contributed by atoms with Gasteiger partial charge in [0.25, 0.3) is 0 Å². The lowest BCUT2D eigenvalue weighted by Crippen LogP contribution is -2.35. The van der Waals surface area contributed by atoms with E-state index >= 15 is 0 Å². The van der Waals surface area contributed by atoms with Crippen LogP contribution in [0.15, 0.2) is 12.3 Å². The van der Waals surface area contributed by atoms with E-state index in [9.17, 15) is 0 Å². The number of hydrogen-bond acceptors (Lipinski definition) is 3. The molecule has 0 aliphatic rings. The van der Waals surface area contributed by atoms with E-state index in [1.54, 1.807) is 0 Å². The van der Waals surface area contributed by atoms with Crippen molar-refractivity contribution in [2.24, 2.45) is 0 Å². The first kappa shape index (κ1) is 18.0. The average molecular weight is 292 g/mol. The molecule has 0 atom stereocenters. The Balaban J connectivity index is 2.49. The number of nitrogens with zero attached hydrogens (tertiary/aromatic N) is 1. The van der Waals surface area contributed by atoms with Gasteiger partial charge in [-0.3, -0.25) is 4.98 Å². The summed E-state index contributed by atoms with van der Waals surface area (Å²) >= 11 is 0. The number of aryl methyl sites for hydroxylation is 1. The maximum Gasteiger partial charge on any atom is 0.127 e. The van der Waals surface area contributed by atoms with Gasteiger partial charge in [-0.05, 0) is 34.1 Å². The van der Waals surface area contributed by atoms with Crippen LogP contribution in [-0.2, 0) is 6.54 Å². The third-order valence-corrected chi connectivity index (χ3v) is 3.40. The van der Waals surface area contributed by atoms with Crippen molar-refractivity contribution >= 4 is 0 Å². The lowest BCUT2D eigenvalue weighted by Gasteiger charge is -2.21. The Bertz CT molecular complexity index is 410. The molecule has 0 spiro atoms. The molecular weight excluding hydrogens is 260 g/mol. The summed E-state index contributed by atoms with van der Waals surface area (Å²) in [6.45, 7) is 12.4. The van der Waals surface area contributed by atoms with Crippen LogP contribution < -0.4 is 10.1 Å². The van der Waals surface area contributed by atoms with Gasteiger partial charge in [-0.2, -0.15) is 0 Å². The van der Waals surface area contributed by atoms with E-state index in [0.717, 1.165) is 36.6 Å². The predicted octanol–water partition coefficient (Wildman–Crippen LogP) is 4.63. The molecule has 0 saturated heterocycles. The SMILES string of the molecule is CCCCCCCOc1cc(C)ncc1CNC(C)(C)C. The zero-order valence-corrected chi connectivity index (χ0v) is 14.5. The van der Waals surface area contributed by atoms with E-state index in [0.29, 0.717) is 0 Å². The maximum absolute atomic E-state index is 5.98. The highest BCUT2D eigenvalue weighted by Gasteiger charge is 2.11. The topological polar surface area (TPSA) is 34.1 Å². The predicted molar refractivity (Wildman–Crippen MR) is 89.8 cm³/mol. The van der Waals surface area contributed by atoms with E-state index < -0.39 is 0 Å². The minimum atomic E-state index is 0.0995. The highest BCUT2D eigenvalue weighted by Crippen LogP contribution is 2.20. The highest BCUT2D eigenvalue weighted by atomic mass is 16.5. The molecule has 0 saturated carbocycles. The first-order chi connectivity index (χ1) is 9.92. The second-order valence-corrected chi connectivity index (χ2v) is 6.80. The van der Waals surface area contributed by atoms with Crippen LogP contribution in [0.3, 0.4) is 0 Å². The Morgan fingerprint density at radius 2 is 1.86 bits per heavy atom. The number of pyridine rings is 1. The molecular formula is C18H32N2O. The molecule has 0 fully saturated rings. The highest BCUT2D eigenvalue weighted by molar-refractivity contribution is 5.32. The van der Waals surface area contributed by atoms with Gasteiger partial charge in [0.15, 0.2) is 0 Å². The third kappa shape index (κ3) is 8.05. The molecule has 1 rings (SSSR count). The van der Waals surface area contributed by atoms with Gasteiger partial charge in [0.1, 0.15) is 5.75 Å². The molecule has 1 N–H and O–H groups in total. The van der Waals surface area contributed by atoms with Crippen molar-refractivity contribution < 1.29 is 4.74 Å². The van der Waals surface area contributed by atoms with Crippen LogP contribution in [0.1, 0.15) is 71.1 Å². The molecule has 1 aromatic heterocycles. The summed E-state index contributed by atoms with van der Waals surface area (Å²) in [6, 6.07) is 2.05. The Hall–Kier alpha value is -1.09. The smallest absolute Gasteiger partial charge is 0.127 e. The van der Waals surface area contributed by atoms with Crippen molar-refractivity contribution in [2.45, 2.75) is 78.8 Å². The van der Waals surface area contributed by atoms with E-state index in [-0.39, 0.29) is 5.54 Å². The molecule has 0 unspecified atom stereocenters. The van der Waals surface area contributed by atoms with E-state index in [1.165, 1.54) is 25.7 Å². The van der Waals surface area contributed by atoms with Gasteiger partial charge in [-0.15, -0.1) is 0 Å². The van der Waals surface area contributed by atoms with Crippen molar-refractivity contribution in [3.63, 3.8) is 0 Å². The van der Waals surface area contributed by atoms with Gasteiger partial charge in [0, 0.05) is 35.6 Å². The van der Waals surface area contributed by atoms with Crippen molar-refractivity contribution in [1.82, 2.24) is 10.3 Å². The normalized spacial score (nSPS) is 11.7. The van der Waals surface area contributed by atoms with Gasteiger partial charge in [0.2, 0.25) is 0 Å². The Labute approximate surface area is 130 Å². The van der Waals surface area contributed by atoms with Crippen LogP contribution in [0.25, 0.3) is 0 Å². The molecule has 120 valence electrons. The van der Waals surface area contributed by atoms with E-state index in [4.69, 9.17) is 4.74 Å². The minimum absolute atomic E-state index is 0.0995. The summed E-state index contributed by atoms with van der Waals surface area (Å²) in [4.78, 5) is 4.39. The molecule has 0 aliphatic heterocycles. The lowest BCUT2D eigenvalue weighted by atomic mass is 10.1. The van der Waals surface area contributed by atoms with Crippen LogP contribution >= 0.6 is 0 Å². The zero-order valence-electron chi connectivity index (χ0n) is 14.5. The van der Waals surface area contributed by atoms with Crippen LogP contribution in [0.4, 0.5) is 0 Å². The van der Waals surface area contributed by atoms with E-state index in [1.807, 2.05) is 19.2 Å². The van der Waals surface area contributed by atoms with Crippen molar-refractivity contribution in [1.29, 1.82) is 0 Å². The molecule has 1 heterocycles. The summed E-state index contributed by atoms with van der Waals surface area (Å²) in [5.41, 5.74) is 2.25. The molecule has 0 aliphatic carbocycles. The van der Waals surface area contributed by atoms with Gasteiger partial charge in [-0.1, -0.05) is 32.6 Å². The number of rotatable bonds is 9. The number of ether oxygens (including phenoxy) is 1. The molecule has 3 heteroatoms. The fourth-order valence-electron chi connectivity index (χ4n) is 2.08.